The second-order valence-corrected chi connectivity index (χ2v) is 8.07. The molecule has 0 aliphatic heterocycles. The summed E-state index contributed by atoms with van der Waals surface area (Å²) in [6.07, 6.45) is 4.59. The van der Waals surface area contributed by atoms with Crippen LogP contribution in [0.3, 0.4) is 0 Å². The topological polar surface area (TPSA) is 143 Å². The van der Waals surface area contributed by atoms with E-state index in [4.69, 9.17) is 16.0 Å². The summed E-state index contributed by atoms with van der Waals surface area (Å²) in [5.74, 6) is -0.512. The first-order valence-corrected chi connectivity index (χ1v) is 11.1. The highest BCUT2D eigenvalue weighted by atomic mass is 16.2. The molecule has 0 radical (unpaired) electrons. The zero-order valence-electron chi connectivity index (χ0n) is 19.3. The first kappa shape index (κ1) is 22.6. The highest BCUT2D eigenvalue weighted by Gasteiger charge is 2.22. The molecule has 3 heterocycles. The van der Waals surface area contributed by atoms with Gasteiger partial charge in [-0.05, 0) is 25.1 Å². The Morgan fingerprint density at radius 1 is 0.972 bits per heavy atom. The quantitative estimate of drug-likeness (QED) is 0.389. The molecule has 1 amide bonds. The predicted octanol–water partition coefficient (Wildman–Crippen LogP) is 4.09. The van der Waals surface area contributed by atoms with Gasteiger partial charge in [-0.1, -0.05) is 42.5 Å². The number of carbonyl (C=O) groups excluding carboxylic acids is 1. The summed E-state index contributed by atoms with van der Waals surface area (Å²) in [6, 6.07) is 20.5. The van der Waals surface area contributed by atoms with E-state index in [1.54, 1.807) is 13.1 Å². The highest BCUT2D eigenvalue weighted by Crippen LogP contribution is 2.32. The van der Waals surface area contributed by atoms with Crippen LogP contribution >= 0.6 is 0 Å². The molecule has 1 atom stereocenters. The lowest BCUT2D eigenvalue weighted by molar-refractivity contribution is 0.0935. The molecule has 0 spiro atoms. The third kappa shape index (κ3) is 4.43. The summed E-state index contributed by atoms with van der Waals surface area (Å²) in [6.45, 7) is 1.74. The van der Waals surface area contributed by atoms with E-state index in [9.17, 15) is 4.79 Å². The van der Waals surface area contributed by atoms with Gasteiger partial charge in [-0.15, -0.1) is 0 Å². The van der Waals surface area contributed by atoms with Crippen molar-refractivity contribution < 1.29 is 4.79 Å². The number of nitrogens with zero attached hydrogens (tertiary/aromatic N) is 6. The van der Waals surface area contributed by atoms with Gasteiger partial charge in [0.1, 0.15) is 6.07 Å². The van der Waals surface area contributed by atoms with Gasteiger partial charge in [0.05, 0.1) is 41.0 Å². The summed E-state index contributed by atoms with van der Waals surface area (Å²) < 4.78 is 0. The minimum Gasteiger partial charge on any atom is -0.382 e. The molecule has 2 aromatic carbocycles. The Morgan fingerprint density at radius 2 is 1.78 bits per heavy atom. The van der Waals surface area contributed by atoms with Gasteiger partial charge in [0.2, 0.25) is 0 Å². The van der Waals surface area contributed by atoms with Gasteiger partial charge in [-0.2, -0.15) is 5.26 Å². The molecule has 0 saturated carbocycles. The first-order valence-electron chi connectivity index (χ1n) is 11.1. The number of nitrogen functional groups attached to an aromatic ring is 1. The van der Waals surface area contributed by atoms with Crippen LogP contribution in [0.25, 0.3) is 33.4 Å². The molecule has 5 aromatic rings. The van der Waals surface area contributed by atoms with Gasteiger partial charge < -0.3 is 11.1 Å². The van der Waals surface area contributed by atoms with E-state index < -0.39 is 11.9 Å². The number of nitriles is 1. The molecule has 3 N–H and O–H groups in total. The van der Waals surface area contributed by atoms with Gasteiger partial charge in [0, 0.05) is 22.7 Å². The number of fused-ring (bicyclic) bond motifs is 1. The number of pyridine rings is 1. The van der Waals surface area contributed by atoms with Crippen LogP contribution in [-0.2, 0) is 0 Å². The van der Waals surface area contributed by atoms with E-state index in [0.717, 1.165) is 22.0 Å². The maximum atomic E-state index is 13.2. The standard InChI is InChI=1S/C27H20N8O/c1-16(22-15-30-14-20(13-28)33-22)32-27(36)25-26(29)35-23(17-6-3-2-4-7-17)24(34-25)19-9-10-21-18(12-19)8-5-11-31-21/h2-12,14-16H,1H3,(H2,29,35)(H,32,36). The second-order valence-electron chi connectivity index (χ2n) is 8.07. The van der Waals surface area contributed by atoms with Crippen LogP contribution in [0.1, 0.15) is 34.8 Å². The first-order chi connectivity index (χ1) is 17.5. The molecule has 0 bridgehead atoms. The van der Waals surface area contributed by atoms with Gasteiger partial charge in [-0.25, -0.2) is 15.0 Å². The van der Waals surface area contributed by atoms with E-state index in [-0.39, 0.29) is 17.2 Å². The van der Waals surface area contributed by atoms with E-state index in [2.05, 4.69) is 25.3 Å². The average Bonchev–Trinajstić information content (AvgIpc) is 2.93. The third-order valence-corrected chi connectivity index (χ3v) is 5.62. The zero-order valence-corrected chi connectivity index (χ0v) is 19.3. The molecule has 0 fully saturated rings. The summed E-state index contributed by atoms with van der Waals surface area (Å²) in [5.41, 5.74) is 10.4. The van der Waals surface area contributed by atoms with E-state index >= 15 is 0 Å². The maximum absolute atomic E-state index is 13.2. The van der Waals surface area contributed by atoms with Crippen LogP contribution in [-0.4, -0.2) is 30.8 Å². The number of nitrogens with two attached hydrogens (primary N) is 1. The Hall–Kier alpha value is -5.23. The maximum Gasteiger partial charge on any atom is 0.274 e. The number of hydrogen-bond donors (Lipinski definition) is 2. The number of hydrogen-bond acceptors (Lipinski definition) is 8. The molecule has 0 aliphatic rings. The summed E-state index contributed by atoms with van der Waals surface area (Å²) in [7, 11) is 0. The Morgan fingerprint density at radius 3 is 2.58 bits per heavy atom. The molecule has 174 valence electrons. The monoisotopic (exact) mass is 472 g/mol. The molecule has 1 unspecified atom stereocenters. The van der Waals surface area contributed by atoms with Crippen LogP contribution in [0.5, 0.6) is 0 Å². The fourth-order valence-corrected chi connectivity index (χ4v) is 3.82. The van der Waals surface area contributed by atoms with Crippen LogP contribution in [0.4, 0.5) is 5.82 Å². The van der Waals surface area contributed by atoms with Crippen LogP contribution < -0.4 is 11.1 Å². The van der Waals surface area contributed by atoms with E-state index in [0.29, 0.717) is 17.1 Å². The number of benzene rings is 2. The fraction of sp³-hybridized carbons (Fsp3) is 0.0741. The minimum absolute atomic E-state index is 0.00150. The lowest BCUT2D eigenvalue weighted by atomic mass is 10.0. The van der Waals surface area contributed by atoms with Gasteiger partial charge in [-0.3, -0.25) is 14.8 Å². The van der Waals surface area contributed by atoms with Gasteiger partial charge >= 0.3 is 0 Å². The van der Waals surface area contributed by atoms with Crippen molar-refractivity contribution in [3.8, 4) is 28.6 Å². The van der Waals surface area contributed by atoms with E-state index in [1.807, 2.05) is 66.7 Å². The number of aromatic nitrogens is 5. The van der Waals surface area contributed by atoms with Crippen molar-refractivity contribution in [2.45, 2.75) is 13.0 Å². The third-order valence-electron chi connectivity index (χ3n) is 5.62. The minimum atomic E-state index is -0.538. The number of carbonyl (C=O) groups is 1. The second kappa shape index (κ2) is 9.56. The number of rotatable bonds is 5. The largest absolute Gasteiger partial charge is 0.382 e. The van der Waals surface area contributed by atoms with Crippen molar-refractivity contribution in [3.63, 3.8) is 0 Å². The SMILES string of the molecule is CC(NC(=O)c1nc(-c2ccc3ncccc3c2)c(-c2ccccc2)nc1N)c1cncc(C#N)n1. The summed E-state index contributed by atoms with van der Waals surface area (Å²) >= 11 is 0. The molecule has 5 rings (SSSR count). The average molecular weight is 473 g/mol. The lowest BCUT2D eigenvalue weighted by Gasteiger charge is -2.16. The molecule has 0 aliphatic carbocycles. The molecule has 36 heavy (non-hydrogen) atoms. The Labute approximate surface area is 206 Å². The molecule has 9 heteroatoms. The van der Waals surface area contributed by atoms with E-state index in [1.165, 1.54) is 12.4 Å². The van der Waals surface area contributed by atoms with Crippen molar-refractivity contribution in [2.75, 3.05) is 5.73 Å². The molecule has 9 nitrogen and oxygen atoms in total. The number of amides is 1. The van der Waals surface area contributed by atoms with Crippen molar-refractivity contribution in [1.29, 1.82) is 5.26 Å². The van der Waals surface area contributed by atoms with Gasteiger partial charge in [0.15, 0.2) is 17.2 Å². The van der Waals surface area contributed by atoms with Crippen LogP contribution in [0, 0.1) is 11.3 Å². The Kier molecular flexibility index (Phi) is 5.99. The molecule has 0 saturated heterocycles. The zero-order chi connectivity index (χ0) is 25.1. The number of nitrogens with one attached hydrogen (secondary N) is 1. The van der Waals surface area contributed by atoms with Crippen molar-refractivity contribution in [2.24, 2.45) is 0 Å². The summed E-state index contributed by atoms with van der Waals surface area (Å²) in [4.78, 5) is 35.1. The number of anilines is 1. The van der Waals surface area contributed by atoms with Crippen LogP contribution in [0.15, 0.2) is 79.3 Å². The predicted molar refractivity (Wildman–Crippen MR) is 135 cm³/mol. The Bertz CT molecular complexity index is 1630. The van der Waals surface area contributed by atoms with Crippen LogP contribution in [0.2, 0.25) is 0 Å². The van der Waals surface area contributed by atoms with Crippen molar-refractivity contribution >= 4 is 22.6 Å². The molecular weight excluding hydrogens is 452 g/mol. The highest BCUT2D eigenvalue weighted by molar-refractivity contribution is 5.98. The van der Waals surface area contributed by atoms with Crippen molar-refractivity contribution in [1.82, 2.24) is 30.2 Å². The smallest absolute Gasteiger partial charge is 0.274 e. The normalized spacial score (nSPS) is 11.6. The Balaban J connectivity index is 1.58. The lowest BCUT2D eigenvalue weighted by Crippen LogP contribution is -2.29. The van der Waals surface area contributed by atoms with Crippen molar-refractivity contribution in [3.05, 3.63) is 96.3 Å². The fourth-order valence-electron chi connectivity index (χ4n) is 3.82. The van der Waals surface area contributed by atoms with Gasteiger partial charge in [0.25, 0.3) is 5.91 Å². The molecular formula is C27H20N8O. The summed E-state index contributed by atoms with van der Waals surface area (Å²) in [5, 5.41) is 12.8. The molecule has 3 aromatic heterocycles.